The first-order chi connectivity index (χ1) is 12.3. The Labute approximate surface area is 165 Å². The molecule has 0 saturated heterocycles. The lowest BCUT2D eigenvalue weighted by molar-refractivity contribution is 0.102. The van der Waals surface area contributed by atoms with E-state index in [1.54, 1.807) is 41.7 Å². The van der Waals surface area contributed by atoms with E-state index < -0.39 is 0 Å². The van der Waals surface area contributed by atoms with Gasteiger partial charge in [-0.15, -0.1) is 0 Å². The van der Waals surface area contributed by atoms with Gasteiger partial charge in [-0.1, -0.05) is 40.9 Å². The standard InChI is InChI=1S/C17H16Cl3N5O/c1-9-15(10(2)24(3)22-9)17(26)21-16-14(20)8-25(23-16)7-11-4-5-12(18)6-13(11)19/h4-6,8H,7H2,1-3H3,(H,21,23,26). The van der Waals surface area contributed by atoms with E-state index in [1.807, 2.05) is 13.0 Å². The molecule has 0 aliphatic rings. The normalized spacial score (nSPS) is 11.0. The number of nitrogens with one attached hydrogen (secondary N) is 1. The van der Waals surface area contributed by atoms with Gasteiger partial charge in [0.15, 0.2) is 5.82 Å². The van der Waals surface area contributed by atoms with Crippen molar-refractivity contribution in [3.05, 3.63) is 62.0 Å². The van der Waals surface area contributed by atoms with Crippen LogP contribution in [0.4, 0.5) is 5.82 Å². The second-order valence-corrected chi connectivity index (χ2v) is 7.13. The first kappa shape index (κ1) is 18.8. The first-order valence-corrected chi connectivity index (χ1v) is 8.88. The Morgan fingerprint density at radius 2 is 1.88 bits per heavy atom. The molecule has 0 bridgehead atoms. The average Bonchev–Trinajstić information content (AvgIpc) is 3.01. The zero-order valence-electron chi connectivity index (χ0n) is 14.3. The summed E-state index contributed by atoms with van der Waals surface area (Å²) in [6.07, 6.45) is 1.63. The summed E-state index contributed by atoms with van der Waals surface area (Å²) < 4.78 is 3.27. The topological polar surface area (TPSA) is 64.7 Å². The van der Waals surface area contributed by atoms with Crippen molar-refractivity contribution in [2.45, 2.75) is 20.4 Å². The Morgan fingerprint density at radius 1 is 1.15 bits per heavy atom. The van der Waals surface area contributed by atoms with Gasteiger partial charge >= 0.3 is 0 Å². The monoisotopic (exact) mass is 411 g/mol. The van der Waals surface area contributed by atoms with Crippen LogP contribution in [0.1, 0.15) is 27.3 Å². The summed E-state index contributed by atoms with van der Waals surface area (Å²) in [5.74, 6) is -0.0193. The van der Waals surface area contributed by atoms with Gasteiger partial charge in [-0.2, -0.15) is 10.2 Å². The minimum absolute atomic E-state index is 0.282. The third kappa shape index (κ3) is 3.72. The van der Waals surface area contributed by atoms with Crippen LogP contribution in [0.15, 0.2) is 24.4 Å². The minimum atomic E-state index is -0.301. The Balaban J connectivity index is 1.81. The van der Waals surface area contributed by atoms with Crippen molar-refractivity contribution in [2.24, 2.45) is 7.05 Å². The van der Waals surface area contributed by atoms with E-state index in [0.29, 0.717) is 32.9 Å². The summed E-state index contributed by atoms with van der Waals surface area (Å²) in [6.45, 7) is 4.01. The molecule has 1 N–H and O–H groups in total. The fraction of sp³-hybridized carbons (Fsp3) is 0.235. The van der Waals surface area contributed by atoms with Gasteiger partial charge in [0, 0.05) is 29.0 Å². The van der Waals surface area contributed by atoms with Crippen LogP contribution in [0.5, 0.6) is 0 Å². The molecule has 6 nitrogen and oxygen atoms in total. The van der Waals surface area contributed by atoms with Gasteiger partial charge in [0.2, 0.25) is 0 Å². The summed E-state index contributed by atoms with van der Waals surface area (Å²) in [5, 5.41) is 12.8. The lowest BCUT2D eigenvalue weighted by Crippen LogP contribution is -2.15. The number of aryl methyl sites for hydroxylation is 2. The van der Waals surface area contributed by atoms with Gasteiger partial charge in [0.1, 0.15) is 5.02 Å². The number of hydrogen-bond acceptors (Lipinski definition) is 3. The van der Waals surface area contributed by atoms with Crippen LogP contribution in [0.3, 0.4) is 0 Å². The van der Waals surface area contributed by atoms with Gasteiger partial charge in [-0.25, -0.2) is 0 Å². The molecule has 2 heterocycles. The summed E-state index contributed by atoms with van der Waals surface area (Å²) in [4.78, 5) is 12.6. The molecular weight excluding hydrogens is 397 g/mol. The molecule has 0 atom stereocenters. The fourth-order valence-corrected chi connectivity index (χ4v) is 3.33. The molecule has 2 aromatic heterocycles. The number of benzene rings is 1. The number of aromatic nitrogens is 4. The highest BCUT2D eigenvalue weighted by Gasteiger charge is 2.19. The maximum atomic E-state index is 12.6. The lowest BCUT2D eigenvalue weighted by atomic mass is 10.2. The smallest absolute Gasteiger partial charge is 0.260 e. The van der Waals surface area contributed by atoms with Gasteiger partial charge in [-0.3, -0.25) is 14.2 Å². The van der Waals surface area contributed by atoms with Gasteiger partial charge in [-0.05, 0) is 31.5 Å². The third-order valence-electron chi connectivity index (χ3n) is 4.03. The number of rotatable bonds is 4. The Kier molecular flexibility index (Phi) is 5.27. The van der Waals surface area contributed by atoms with Crippen LogP contribution in [-0.2, 0) is 13.6 Å². The second kappa shape index (κ2) is 7.31. The average molecular weight is 413 g/mol. The quantitative estimate of drug-likeness (QED) is 0.686. The number of halogens is 3. The number of amides is 1. The maximum absolute atomic E-state index is 12.6. The van der Waals surface area contributed by atoms with Gasteiger partial charge in [0.25, 0.3) is 5.91 Å². The van der Waals surface area contributed by atoms with Gasteiger partial charge < -0.3 is 5.32 Å². The molecule has 0 fully saturated rings. The van der Waals surface area contributed by atoms with E-state index in [0.717, 1.165) is 11.3 Å². The lowest BCUT2D eigenvalue weighted by Gasteiger charge is -2.05. The fourth-order valence-electron chi connectivity index (χ4n) is 2.66. The van der Waals surface area contributed by atoms with Crippen molar-refractivity contribution >= 4 is 46.5 Å². The van der Waals surface area contributed by atoms with Crippen molar-refractivity contribution in [3.8, 4) is 0 Å². The molecule has 3 aromatic rings. The van der Waals surface area contributed by atoms with E-state index in [-0.39, 0.29) is 11.7 Å². The molecule has 0 aliphatic heterocycles. The molecule has 3 rings (SSSR count). The van der Waals surface area contributed by atoms with Crippen LogP contribution in [0.25, 0.3) is 0 Å². The summed E-state index contributed by atoms with van der Waals surface area (Å²) >= 11 is 18.3. The summed E-state index contributed by atoms with van der Waals surface area (Å²) in [7, 11) is 1.79. The molecule has 0 radical (unpaired) electrons. The number of anilines is 1. The van der Waals surface area contributed by atoms with Crippen molar-refractivity contribution in [2.75, 3.05) is 5.32 Å². The van der Waals surface area contributed by atoms with Crippen molar-refractivity contribution in [1.29, 1.82) is 0 Å². The zero-order valence-corrected chi connectivity index (χ0v) is 16.6. The van der Waals surface area contributed by atoms with Crippen molar-refractivity contribution in [1.82, 2.24) is 19.6 Å². The molecule has 1 amide bonds. The van der Waals surface area contributed by atoms with Gasteiger partial charge in [0.05, 0.1) is 17.8 Å². The van der Waals surface area contributed by atoms with E-state index in [9.17, 15) is 4.79 Å². The highest BCUT2D eigenvalue weighted by molar-refractivity contribution is 6.35. The predicted octanol–water partition coefficient (Wildman–Crippen LogP) is 4.49. The third-order valence-corrected chi connectivity index (χ3v) is 4.90. The Hall–Kier alpha value is -2.02. The Bertz CT molecular complexity index is 993. The van der Waals surface area contributed by atoms with E-state index in [1.165, 1.54) is 0 Å². The highest BCUT2D eigenvalue weighted by Crippen LogP contribution is 2.25. The number of nitrogens with zero attached hydrogens (tertiary/aromatic N) is 4. The van der Waals surface area contributed by atoms with Crippen LogP contribution in [-0.4, -0.2) is 25.5 Å². The summed E-state index contributed by atoms with van der Waals surface area (Å²) in [6, 6.07) is 5.24. The molecule has 0 saturated carbocycles. The van der Waals surface area contributed by atoms with E-state index >= 15 is 0 Å². The maximum Gasteiger partial charge on any atom is 0.260 e. The number of carbonyl (C=O) groups is 1. The second-order valence-electron chi connectivity index (χ2n) is 5.88. The molecule has 0 unspecified atom stereocenters. The highest BCUT2D eigenvalue weighted by atomic mass is 35.5. The molecule has 0 aliphatic carbocycles. The largest absolute Gasteiger partial charge is 0.304 e. The molecular formula is C17H16Cl3N5O. The van der Waals surface area contributed by atoms with E-state index in [4.69, 9.17) is 34.8 Å². The predicted molar refractivity (Wildman–Crippen MR) is 103 cm³/mol. The van der Waals surface area contributed by atoms with Crippen LogP contribution < -0.4 is 5.32 Å². The van der Waals surface area contributed by atoms with Crippen molar-refractivity contribution in [3.63, 3.8) is 0 Å². The summed E-state index contributed by atoms with van der Waals surface area (Å²) in [5.41, 5.74) is 2.76. The number of hydrogen-bond donors (Lipinski definition) is 1. The molecule has 1 aromatic carbocycles. The molecule has 0 spiro atoms. The molecule has 136 valence electrons. The minimum Gasteiger partial charge on any atom is -0.304 e. The van der Waals surface area contributed by atoms with Crippen molar-refractivity contribution < 1.29 is 4.79 Å². The molecule has 26 heavy (non-hydrogen) atoms. The van der Waals surface area contributed by atoms with Crippen LogP contribution in [0.2, 0.25) is 15.1 Å². The number of carbonyl (C=O) groups excluding carboxylic acids is 1. The van der Waals surface area contributed by atoms with E-state index in [2.05, 4.69) is 15.5 Å². The first-order valence-electron chi connectivity index (χ1n) is 7.74. The SMILES string of the molecule is Cc1nn(C)c(C)c1C(=O)Nc1nn(Cc2ccc(Cl)cc2Cl)cc1Cl. The van der Waals surface area contributed by atoms with Crippen LogP contribution in [0, 0.1) is 13.8 Å². The molecule has 9 heteroatoms. The zero-order chi connectivity index (χ0) is 19.0. The van der Waals surface area contributed by atoms with Crippen LogP contribution >= 0.6 is 34.8 Å². The Morgan fingerprint density at radius 3 is 2.50 bits per heavy atom.